The van der Waals surface area contributed by atoms with Crippen molar-refractivity contribution in [2.75, 3.05) is 19.8 Å². The molecule has 2 aromatic heterocycles. The first-order chi connectivity index (χ1) is 14.7. The molecule has 4 rings (SSSR count). The Morgan fingerprint density at radius 3 is 2.87 bits per heavy atom. The van der Waals surface area contributed by atoms with Gasteiger partial charge >= 0.3 is 0 Å². The van der Waals surface area contributed by atoms with Gasteiger partial charge in [0.05, 0.1) is 25.5 Å². The summed E-state index contributed by atoms with van der Waals surface area (Å²) in [6, 6.07) is 13.4. The number of ether oxygens (including phenoxy) is 2. The number of carbonyl (C=O) groups excluding carboxylic acids is 1. The monoisotopic (exact) mass is 408 g/mol. The lowest BCUT2D eigenvalue weighted by Crippen LogP contribution is -2.31. The van der Waals surface area contributed by atoms with Crippen LogP contribution < -0.4 is 4.74 Å². The second kappa shape index (κ2) is 9.49. The van der Waals surface area contributed by atoms with E-state index in [4.69, 9.17) is 14.1 Å². The number of aryl methyl sites for hydroxylation is 1. The first kappa shape index (κ1) is 20.0. The minimum absolute atomic E-state index is 0.208. The highest BCUT2D eigenvalue weighted by Gasteiger charge is 2.23. The topological polar surface area (TPSA) is 90.6 Å². The van der Waals surface area contributed by atoms with Gasteiger partial charge in [-0.25, -0.2) is 4.63 Å². The molecule has 0 N–H and O–H groups in total. The molecule has 156 valence electrons. The number of amides is 1. The lowest BCUT2D eigenvalue weighted by Gasteiger charge is -2.22. The van der Waals surface area contributed by atoms with Gasteiger partial charge in [-0.15, -0.1) is 0 Å². The Morgan fingerprint density at radius 2 is 2.13 bits per heavy atom. The summed E-state index contributed by atoms with van der Waals surface area (Å²) in [5.74, 6) is 0.955. The maximum Gasteiger partial charge on any atom is 0.278 e. The van der Waals surface area contributed by atoms with Gasteiger partial charge in [0.25, 0.3) is 5.91 Å². The Morgan fingerprint density at radius 1 is 1.20 bits per heavy atom. The number of rotatable bonds is 8. The molecule has 3 heterocycles. The number of benzene rings is 1. The quantitative estimate of drug-likeness (QED) is 0.566. The summed E-state index contributed by atoms with van der Waals surface area (Å²) in [5.41, 5.74) is 2.41. The summed E-state index contributed by atoms with van der Waals surface area (Å²) >= 11 is 0. The summed E-state index contributed by atoms with van der Waals surface area (Å²) in [7, 11) is 0. The largest absolute Gasteiger partial charge is 0.493 e. The first-order valence-corrected chi connectivity index (χ1v) is 9.97. The van der Waals surface area contributed by atoms with E-state index in [-0.39, 0.29) is 11.6 Å². The highest BCUT2D eigenvalue weighted by molar-refractivity contribution is 5.93. The van der Waals surface area contributed by atoms with Crippen molar-refractivity contribution in [1.29, 1.82) is 0 Å². The van der Waals surface area contributed by atoms with Crippen molar-refractivity contribution >= 4 is 5.91 Å². The van der Waals surface area contributed by atoms with Crippen molar-refractivity contribution in [3.63, 3.8) is 0 Å². The fraction of sp³-hybridized carbons (Fsp3) is 0.364. The summed E-state index contributed by atoms with van der Waals surface area (Å²) in [6.45, 7) is 4.60. The Hall–Kier alpha value is -3.26. The summed E-state index contributed by atoms with van der Waals surface area (Å²) in [4.78, 5) is 19.1. The molecule has 0 aliphatic carbocycles. The molecule has 0 saturated carbocycles. The van der Waals surface area contributed by atoms with Crippen LogP contribution in [0.5, 0.6) is 5.75 Å². The predicted octanol–water partition coefficient (Wildman–Crippen LogP) is 3.03. The van der Waals surface area contributed by atoms with Crippen molar-refractivity contribution in [2.24, 2.45) is 5.92 Å². The molecule has 30 heavy (non-hydrogen) atoms. The van der Waals surface area contributed by atoms with Crippen LogP contribution in [0.4, 0.5) is 0 Å². The average Bonchev–Trinajstić information content (AvgIpc) is 3.44. The van der Waals surface area contributed by atoms with Crippen LogP contribution in [-0.2, 0) is 17.8 Å². The highest BCUT2D eigenvalue weighted by Crippen LogP contribution is 2.20. The number of pyridine rings is 1. The number of aromatic nitrogens is 3. The molecule has 1 amide bonds. The van der Waals surface area contributed by atoms with Crippen LogP contribution in [-0.4, -0.2) is 45.9 Å². The van der Waals surface area contributed by atoms with Gasteiger partial charge in [0.15, 0.2) is 5.69 Å². The van der Waals surface area contributed by atoms with Gasteiger partial charge in [0, 0.05) is 25.3 Å². The molecular weight excluding hydrogens is 384 g/mol. The molecule has 8 heteroatoms. The molecule has 1 unspecified atom stereocenters. The second-order valence-corrected chi connectivity index (χ2v) is 7.37. The molecular formula is C22H24N4O4. The number of hydrogen-bond donors (Lipinski definition) is 0. The molecule has 1 atom stereocenters. The van der Waals surface area contributed by atoms with Crippen LogP contribution in [0.1, 0.15) is 33.9 Å². The van der Waals surface area contributed by atoms with Crippen LogP contribution in [0.2, 0.25) is 0 Å². The SMILES string of the molecule is Cc1nonc1C(=O)N(Cc1cccc(OCC2CCOC2)c1)Cc1ccccn1. The molecule has 8 nitrogen and oxygen atoms in total. The Bertz CT molecular complexity index is 970. The normalized spacial score (nSPS) is 15.8. The standard InChI is InChI=1S/C22H24N4O4/c1-16-21(25-30-24-16)22(27)26(13-19-6-2-3-9-23-19)12-17-5-4-7-20(11-17)29-15-18-8-10-28-14-18/h2-7,9,11,18H,8,10,12-15H2,1H3. The van der Waals surface area contributed by atoms with Crippen molar-refractivity contribution in [1.82, 2.24) is 20.2 Å². The maximum atomic E-state index is 13.1. The summed E-state index contributed by atoms with van der Waals surface area (Å²) < 4.78 is 16.1. The zero-order chi connectivity index (χ0) is 20.8. The summed E-state index contributed by atoms with van der Waals surface area (Å²) in [5, 5.41) is 7.51. The second-order valence-electron chi connectivity index (χ2n) is 7.37. The maximum absolute atomic E-state index is 13.1. The number of hydrogen-bond acceptors (Lipinski definition) is 7. The fourth-order valence-corrected chi connectivity index (χ4v) is 3.34. The third-order valence-electron chi connectivity index (χ3n) is 5.00. The van der Waals surface area contributed by atoms with Gasteiger partial charge in [0.2, 0.25) is 0 Å². The molecule has 1 aliphatic heterocycles. The van der Waals surface area contributed by atoms with Crippen molar-refractivity contribution < 1.29 is 18.9 Å². The Kier molecular flexibility index (Phi) is 6.34. The molecule has 0 spiro atoms. The van der Waals surface area contributed by atoms with Crippen molar-refractivity contribution in [2.45, 2.75) is 26.4 Å². The van der Waals surface area contributed by atoms with E-state index in [1.165, 1.54) is 0 Å². The fourth-order valence-electron chi connectivity index (χ4n) is 3.34. The van der Waals surface area contributed by atoms with Gasteiger partial charge < -0.3 is 14.4 Å². The highest BCUT2D eigenvalue weighted by atomic mass is 16.6. The smallest absolute Gasteiger partial charge is 0.278 e. The lowest BCUT2D eigenvalue weighted by molar-refractivity contribution is 0.0715. The van der Waals surface area contributed by atoms with E-state index >= 15 is 0 Å². The van der Waals surface area contributed by atoms with Crippen LogP contribution in [0.15, 0.2) is 53.3 Å². The van der Waals surface area contributed by atoms with Gasteiger partial charge in [0.1, 0.15) is 11.4 Å². The Balaban J connectivity index is 1.50. The molecule has 0 radical (unpaired) electrons. The van der Waals surface area contributed by atoms with E-state index < -0.39 is 0 Å². The minimum Gasteiger partial charge on any atom is -0.493 e. The van der Waals surface area contributed by atoms with Gasteiger partial charge in [-0.1, -0.05) is 23.4 Å². The van der Waals surface area contributed by atoms with Gasteiger partial charge in [-0.05, 0) is 48.3 Å². The third kappa shape index (κ3) is 5.01. The zero-order valence-electron chi connectivity index (χ0n) is 16.9. The first-order valence-electron chi connectivity index (χ1n) is 9.97. The molecule has 0 bridgehead atoms. The average molecular weight is 408 g/mol. The van der Waals surface area contributed by atoms with E-state index in [0.717, 1.165) is 36.6 Å². The minimum atomic E-state index is -0.256. The van der Waals surface area contributed by atoms with Gasteiger partial charge in [-0.3, -0.25) is 9.78 Å². The molecule has 1 aromatic carbocycles. The van der Waals surface area contributed by atoms with E-state index in [9.17, 15) is 4.79 Å². The van der Waals surface area contributed by atoms with Crippen molar-refractivity contribution in [3.8, 4) is 5.75 Å². The molecule has 1 fully saturated rings. The Labute approximate surface area is 174 Å². The van der Waals surface area contributed by atoms with E-state index in [2.05, 4.69) is 15.3 Å². The molecule has 1 aliphatic rings. The number of carbonyl (C=O) groups is 1. The van der Waals surface area contributed by atoms with E-state index in [0.29, 0.717) is 31.3 Å². The van der Waals surface area contributed by atoms with Gasteiger partial charge in [-0.2, -0.15) is 0 Å². The zero-order valence-corrected chi connectivity index (χ0v) is 16.9. The van der Waals surface area contributed by atoms with Crippen LogP contribution in [0.3, 0.4) is 0 Å². The van der Waals surface area contributed by atoms with E-state index in [1.54, 1.807) is 18.0 Å². The third-order valence-corrected chi connectivity index (χ3v) is 5.00. The predicted molar refractivity (Wildman–Crippen MR) is 108 cm³/mol. The molecule has 1 saturated heterocycles. The molecule has 3 aromatic rings. The van der Waals surface area contributed by atoms with Crippen LogP contribution in [0, 0.1) is 12.8 Å². The lowest BCUT2D eigenvalue weighted by atomic mass is 10.1. The van der Waals surface area contributed by atoms with Crippen molar-refractivity contribution in [3.05, 3.63) is 71.3 Å². The number of nitrogens with zero attached hydrogens (tertiary/aromatic N) is 4. The van der Waals surface area contributed by atoms with Crippen LogP contribution in [0.25, 0.3) is 0 Å². The summed E-state index contributed by atoms with van der Waals surface area (Å²) in [6.07, 6.45) is 2.74. The van der Waals surface area contributed by atoms with E-state index in [1.807, 2.05) is 42.5 Å². The van der Waals surface area contributed by atoms with Crippen LogP contribution >= 0.6 is 0 Å².